The maximum absolute atomic E-state index is 12.0. The average molecular weight is 248 g/mol. The fourth-order valence-corrected chi connectivity index (χ4v) is 2.89. The number of hydrogen-bond donors (Lipinski definition) is 0. The third-order valence-electron chi connectivity index (χ3n) is 1.89. The summed E-state index contributed by atoms with van der Waals surface area (Å²) in [5, 5.41) is 0. The summed E-state index contributed by atoms with van der Waals surface area (Å²) >= 11 is 0. The van der Waals surface area contributed by atoms with Gasteiger partial charge >= 0.3 is 7.60 Å². The summed E-state index contributed by atoms with van der Waals surface area (Å²) in [6, 6.07) is 0. The van der Waals surface area contributed by atoms with E-state index in [2.05, 4.69) is 6.58 Å². The number of rotatable bonds is 10. The molecule has 4 nitrogen and oxygen atoms in total. The Morgan fingerprint density at radius 3 is 2.31 bits per heavy atom. The van der Waals surface area contributed by atoms with E-state index in [4.69, 9.17) is 9.05 Å². The van der Waals surface area contributed by atoms with Crippen molar-refractivity contribution in [3.8, 4) is 0 Å². The number of carbonyl (C=O) groups is 1. The van der Waals surface area contributed by atoms with Gasteiger partial charge in [-0.05, 0) is 26.7 Å². The lowest BCUT2D eigenvalue weighted by atomic mass is 10.2. The van der Waals surface area contributed by atoms with Gasteiger partial charge < -0.3 is 9.05 Å². The quantitative estimate of drug-likeness (QED) is 0.338. The van der Waals surface area contributed by atoms with Crippen molar-refractivity contribution in [1.29, 1.82) is 0 Å². The molecule has 0 aromatic carbocycles. The molecule has 0 unspecified atom stereocenters. The predicted molar refractivity (Wildman–Crippen MR) is 64.8 cm³/mol. The van der Waals surface area contributed by atoms with Crippen molar-refractivity contribution in [3.63, 3.8) is 0 Å². The first-order valence-corrected chi connectivity index (χ1v) is 7.31. The third kappa shape index (κ3) is 6.94. The highest BCUT2D eigenvalue weighted by Crippen LogP contribution is 2.47. The highest BCUT2D eigenvalue weighted by atomic mass is 31.2. The summed E-state index contributed by atoms with van der Waals surface area (Å²) in [5.41, 5.74) is 0. The third-order valence-corrected chi connectivity index (χ3v) is 3.93. The first-order valence-electron chi connectivity index (χ1n) is 5.58. The number of ketones is 1. The topological polar surface area (TPSA) is 52.6 Å². The van der Waals surface area contributed by atoms with Crippen LogP contribution in [0.3, 0.4) is 0 Å². The smallest absolute Gasteiger partial charge is 0.309 e. The zero-order chi connectivity index (χ0) is 12.4. The van der Waals surface area contributed by atoms with Gasteiger partial charge in [0.1, 0.15) is 11.9 Å². The molecule has 0 bridgehead atoms. The molecule has 0 aliphatic rings. The normalized spacial score (nSPS) is 11.4. The number of Topliss-reactive ketones (excluding diaryl/α,β-unsaturated/α-hetero) is 1. The lowest BCUT2D eigenvalue weighted by Gasteiger charge is -2.15. The maximum Gasteiger partial charge on any atom is 0.338 e. The molecule has 0 heterocycles. The van der Waals surface area contributed by atoms with E-state index in [1.54, 1.807) is 19.9 Å². The summed E-state index contributed by atoms with van der Waals surface area (Å²) in [4.78, 5) is 11.5. The van der Waals surface area contributed by atoms with Gasteiger partial charge in [-0.15, -0.1) is 6.58 Å². The van der Waals surface area contributed by atoms with Crippen molar-refractivity contribution in [3.05, 3.63) is 12.7 Å². The van der Waals surface area contributed by atoms with Gasteiger partial charge in [0.15, 0.2) is 0 Å². The van der Waals surface area contributed by atoms with Crippen LogP contribution >= 0.6 is 7.60 Å². The van der Waals surface area contributed by atoms with Gasteiger partial charge in [-0.2, -0.15) is 0 Å². The van der Waals surface area contributed by atoms with E-state index in [-0.39, 0.29) is 25.2 Å². The lowest BCUT2D eigenvalue weighted by molar-refractivity contribution is -0.117. The summed E-state index contributed by atoms with van der Waals surface area (Å²) in [5.74, 6) is -0.0768. The molecular formula is C11H21O4P. The number of allylic oxidation sites excluding steroid dienone is 1. The lowest BCUT2D eigenvalue weighted by Crippen LogP contribution is -2.09. The van der Waals surface area contributed by atoms with Crippen LogP contribution in [-0.2, 0) is 18.4 Å². The van der Waals surface area contributed by atoms with Crippen molar-refractivity contribution < 1.29 is 18.4 Å². The van der Waals surface area contributed by atoms with Gasteiger partial charge in [0.25, 0.3) is 0 Å². The van der Waals surface area contributed by atoms with Crippen LogP contribution in [0.25, 0.3) is 0 Å². The highest BCUT2D eigenvalue weighted by molar-refractivity contribution is 7.54. The van der Waals surface area contributed by atoms with Crippen LogP contribution < -0.4 is 0 Å². The molecule has 0 aliphatic heterocycles. The molecule has 0 saturated carbocycles. The largest absolute Gasteiger partial charge is 0.338 e. The predicted octanol–water partition coefficient (Wildman–Crippen LogP) is 3.18. The highest BCUT2D eigenvalue weighted by Gasteiger charge is 2.26. The molecule has 0 aromatic rings. The second-order valence-corrected chi connectivity index (χ2v) is 5.38. The Bertz CT molecular complexity index is 253. The first kappa shape index (κ1) is 15.6. The summed E-state index contributed by atoms with van der Waals surface area (Å²) < 4.78 is 22.0. The fraction of sp³-hybridized carbons (Fsp3) is 0.727. The van der Waals surface area contributed by atoms with Crippen LogP contribution in [0.1, 0.15) is 33.1 Å². The number of carbonyl (C=O) groups excluding carboxylic acids is 1. The number of hydrogen-bond acceptors (Lipinski definition) is 4. The van der Waals surface area contributed by atoms with E-state index in [0.29, 0.717) is 6.42 Å². The van der Waals surface area contributed by atoms with E-state index >= 15 is 0 Å². The second kappa shape index (κ2) is 8.68. The maximum atomic E-state index is 12.0. The van der Waals surface area contributed by atoms with Gasteiger partial charge in [0.2, 0.25) is 0 Å². The van der Waals surface area contributed by atoms with Gasteiger partial charge in [-0.3, -0.25) is 9.36 Å². The zero-order valence-electron chi connectivity index (χ0n) is 10.1. The molecule has 0 aliphatic carbocycles. The molecule has 0 saturated heterocycles. The Morgan fingerprint density at radius 2 is 1.88 bits per heavy atom. The van der Waals surface area contributed by atoms with Gasteiger partial charge in [-0.1, -0.05) is 6.08 Å². The molecule has 0 radical (unpaired) electrons. The van der Waals surface area contributed by atoms with Crippen molar-refractivity contribution >= 4 is 13.4 Å². The molecule has 0 rings (SSSR count). The van der Waals surface area contributed by atoms with Gasteiger partial charge in [0, 0.05) is 6.42 Å². The number of unbranched alkanes of at least 4 members (excludes halogenated alkanes) is 1. The van der Waals surface area contributed by atoms with Gasteiger partial charge in [-0.25, -0.2) is 0 Å². The molecule has 0 aromatic heterocycles. The minimum atomic E-state index is -3.20. The molecule has 0 fully saturated rings. The minimum absolute atomic E-state index is 0.0768. The van der Waals surface area contributed by atoms with Crippen molar-refractivity contribution in [2.24, 2.45) is 0 Å². The molecule has 0 N–H and O–H groups in total. The molecule has 0 spiro atoms. The van der Waals surface area contributed by atoms with Crippen molar-refractivity contribution in [2.45, 2.75) is 33.1 Å². The van der Waals surface area contributed by atoms with Crippen LogP contribution in [0.2, 0.25) is 0 Å². The molecule has 0 amide bonds. The van der Waals surface area contributed by atoms with Crippen LogP contribution in [0, 0.1) is 0 Å². The van der Waals surface area contributed by atoms with Crippen LogP contribution in [0.15, 0.2) is 12.7 Å². The molecule has 0 atom stereocenters. The minimum Gasteiger partial charge on any atom is -0.309 e. The van der Waals surface area contributed by atoms with Crippen LogP contribution in [0.5, 0.6) is 0 Å². The summed E-state index contributed by atoms with van der Waals surface area (Å²) in [6.07, 6.45) is 3.57. The average Bonchev–Trinajstić information content (AvgIpc) is 2.18. The van der Waals surface area contributed by atoms with E-state index in [9.17, 15) is 9.36 Å². The van der Waals surface area contributed by atoms with E-state index < -0.39 is 7.60 Å². The van der Waals surface area contributed by atoms with Crippen LogP contribution in [-0.4, -0.2) is 25.2 Å². The van der Waals surface area contributed by atoms with Crippen molar-refractivity contribution in [1.82, 2.24) is 0 Å². The Morgan fingerprint density at radius 1 is 1.31 bits per heavy atom. The van der Waals surface area contributed by atoms with Crippen LogP contribution in [0.4, 0.5) is 0 Å². The Kier molecular flexibility index (Phi) is 8.44. The molecule has 5 heteroatoms. The second-order valence-electron chi connectivity index (χ2n) is 3.32. The standard InChI is InChI=1S/C11H21O4P/c1-4-7-8-9-11(12)10-16(13,14-5-2)15-6-3/h4H,1,5-10H2,2-3H3. The summed E-state index contributed by atoms with van der Waals surface area (Å²) in [7, 11) is -3.20. The zero-order valence-corrected chi connectivity index (χ0v) is 11.0. The molecule has 16 heavy (non-hydrogen) atoms. The summed E-state index contributed by atoms with van der Waals surface area (Å²) in [6.45, 7) is 7.61. The van der Waals surface area contributed by atoms with E-state index in [1.165, 1.54) is 0 Å². The molecular weight excluding hydrogens is 227 g/mol. The van der Waals surface area contributed by atoms with Crippen molar-refractivity contribution in [2.75, 3.05) is 19.4 Å². The monoisotopic (exact) mass is 248 g/mol. The Hall–Kier alpha value is -0.440. The Labute approximate surface area is 97.6 Å². The fourth-order valence-electron chi connectivity index (χ4n) is 1.26. The SMILES string of the molecule is C=CCCCC(=O)CP(=O)(OCC)OCC. The molecule has 94 valence electrons. The van der Waals surface area contributed by atoms with Gasteiger partial charge in [0.05, 0.1) is 13.2 Å². The first-order chi connectivity index (χ1) is 7.58. The Balaban J connectivity index is 4.12. The van der Waals surface area contributed by atoms with E-state index in [1.807, 2.05) is 0 Å². The van der Waals surface area contributed by atoms with E-state index in [0.717, 1.165) is 12.8 Å².